The Balaban J connectivity index is 2.95. The molecule has 0 spiro atoms. The second-order valence-corrected chi connectivity index (χ2v) is 6.09. The number of aromatic hydroxyl groups is 1. The van der Waals surface area contributed by atoms with Crippen LogP contribution in [0.2, 0.25) is 0 Å². The van der Waals surface area contributed by atoms with Crippen molar-refractivity contribution in [3.63, 3.8) is 0 Å². The maximum Gasteiger partial charge on any atom is 0.408 e. The average Bonchev–Trinajstić information content (AvgIpc) is 2.43. The predicted octanol–water partition coefficient (Wildman–Crippen LogP) is 1.93. The molecule has 0 bridgehead atoms. The minimum Gasteiger partial charge on any atom is -0.504 e. The number of phenolic OH excluding ortho intramolecular Hbond substituents is 1. The van der Waals surface area contributed by atoms with E-state index in [2.05, 4.69) is 5.32 Å². The lowest BCUT2D eigenvalue weighted by Crippen LogP contribution is -2.44. The van der Waals surface area contributed by atoms with Gasteiger partial charge < -0.3 is 29.7 Å². The molecule has 3 N–H and O–H groups in total. The number of amides is 1. The zero-order valence-corrected chi connectivity index (χ0v) is 14.4. The molecule has 1 aromatic carbocycles. The van der Waals surface area contributed by atoms with Gasteiger partial charge in [-0.3, -0.25) is 0 Å². The molecule has 1 aromatic rings. The standard InChI is InChI=1S/C16H23NO7/c1-16(2,3)24-15(21)17-10(14(19)20)6-9-7-11(18)13(23-5)12(8-9)22-4/h7-8,10,18H,6H2,1-5H3,(H,17,21)(H,19,20). The van der Waals surface area contributed by atoms with Crippen LogP contribution in [0.15, 0.2) is 12.1 Å². The number of ether oxygens (including phenoxy) is 3. The van der Waals surface area contributed by atoms with Gasteiger partial charge in [0.15, 0.2) is 11.5 Å². The van der Waals surface area contributed by atoms with Crippen molar-refractivity contribution in [2.24, 2.45) is 0 Å². The first-order valence-electron chi connectivity index (χ1n) is 7.23. The number of hydrogen-bond donors (Lipinski definition) is 3. The topological polar surface area (TPSA) is 114 Å². The number of carbonyl (C=O) groups is 2. The zero-order valence-electron chi connectivity index (χ0n) is 14.4. The van der Waals surface area contributed by atoms with Crippen LogP contribution < -0.4 is 14.8 Å². The first kappa shape index (κ1) is 19.4. The van der Waals surface area contributed by atoms with Crippen LogP contribution in [0.1, 0.15) is 26.3 Å². The van der Waals surface area contributed by atoms with Crippen LogP contribution in [0.4, 0.5) is 4.79 Å². The molecule has 0 fully saturated rings. The maximum absolute atomic E-state index is 11.8. The van der Waals surface area contributed by atoms with Crippen LogP contribution in [-0.2, 0) is 16.0 Å². The van der Waals surface area contributed by atoms with E-state index < -0.39 is 23.7 Å². The molecule has 1 rings (SSSR count). The highest BCUT2D eigenvalue weighted by molar-refractivity contribution is 5.80. The van der Waals surface area contributed by atoms with E-state index in [9.17, 15) is 19.8 Å². The van der Waals surface area contributed by atoms with E-state index in [1.165, 1.54) is 26.4 Å². The van der Waals surface area contributed by atoms with Gasteiger partial charge in [0.05, 0.1) is 14.2 Å². The summed E-state index contributed by atoms with van der Waals surface area (Å²) in [5.41, 5.74) is -0.289. The third-order valence-corrected chi connectivity index (χ3v) is 2.95. The number of carbonyl (C=O) groups excluding carboxylic acids is 1. The van der Waals surface area contributed by atoms with Gasteiger partial charge in [0.25, 0.3) is 0 Å². The number of methoxy groups -OCH3 is 2. The lowest BCUT2D eigenvalue weighted by molar-refractivity contribution is -0.139. The summed E-state index contributed by atoms with van der Waals surface area (Å²) in [6.07, 6.45) is -0.901. The van der Waals surface area contributed by atoms with Crippen LogP contribution >= 0.6 is 0 Å². The van der Waals surface area contributed by atoms with E-state index in [1.807, 2.05) is 0 Å². The normalized spacial score (nSPS) is 12.2. The van der Waals surface area contributed by atoms with Gasteiger partial charge >= 0.3 is 12.1 Å². The molecule has 1 unspecified atom stereocenters. The van der Waals surface area contributed by atoms with Crippen molar-refractivity contribution in [3.8, 4) is 17.2 Å². The molecule has 0 aromatic heterocycles. The Kier molecular flexibility index (Phi) is 6.27. The second kappa shape index (κ2) is 7.76. The van der Waals surface area contributed by atoms with Gasteiger partial charge in [-0.05, 0) is 38.5 Å². The summed E-state index contributed by atoms with van der Waals surface area (Å²) < 4.78 is 15.2. The fourth-order valence-electron chi connectivity index (χ4n) is 2.00. The second-order valence-electron chi connectivity index (χ2n) is 6.09. The van der Waals surface area contributed by atoms with Gasteiger partial charge in [0.1, 0.15) is 11.6 Å². The number of carboxylic acid groups (broad SMARTS) is 1. The van der Waals surface area contributed by atoms with Gasteiger partial charge in [0.2, 0.25) is 5.75 Å². The number of hydrogen-bond acceptors (Lipinski definition) is 6. The number of phenols is 1. The largest absolute Gasteiger partial charge is 0.504 e. The van der Waals surface area contributed by atoms with Crippen LogP contribution in [0.5, 0.6) is 17.2 Å². The highest BCUT2D eigenvalue weighted by Crippen LogP contribution is 2.37. The number of benzene rings is 1. The molecule has 1 amide bonds. The van der Waals surface area contributed by atoms with E-state index in [0.717, 1.165) is 0 Å². The molecule has 0 heterocycles. The summed E-state index contributed by atoms with van der Waals surface area (Å²) in [7, 11) is 2.77. The third kappa shape index (κ3) is 5.53. The molecule has 8 heteroatoms. The molecule has 0 saturated carbocycles. The summed E-state index contributed by atoms with van der Waals surface area (Å²) in [6, 6.07) is 1.66. The molecule has 24 heavy (non-hydrogen) atoms. The van der Waals surface area contributed by atoms with Gasteiger partial charge in [-0.1, -0.05) is 0 Å². The number of aliphatic carboxylic acids is 1. The molecular formula is C16H23NO7. The Morgan fingerprint density at radius 3 is 2.29 bits per heavy atom. The molecule has 0 radical (unpaired) electrons. The number of rotatable bonds is 6. The summed E-state index contributed by atoms with van der Waals surface area (Å²) in [6.45, 7) is 5.03. The van der Waals surface area contributed by atoms with Crippen LogP contribution in [-0.4, -0.2) is 48.1 Å². The summed E-state index contributed by atoms with van der Waals surface area (Å²) in [5.74, 6) is -1.01. The molecular weight excluding hydrogens is 318 g/mol. The monoisotopic (exact) mass is 341 g/mol. The van der Waals surface area contributed by atoms with Crippen molar-refractivity contribution in [3.05, 3.63) is 17.7 Å². The molecule has 8 nitrogen and oxygen atoms in total. The minimum atomic E-state index is -1.23. The average molecular weight is 341 g/mol. The Morgan fingerprint density at radius 1 is 1.21 bits per heavy atom. The lowest BCUT2D eigenvalue weighted by atomic mass is 10.0. The zero-order chi connectivity index (χ0) is 18.5. The van der Waals surface area contributed by atoms with E-state index in [0.29, 0.717) is 5.56 Å². The number of alkyl carbamates (subject to hydrolysis) is 1. The van der Waals surface area contributed by atoms with Crippen molar-refractivity contribution >= 4 is 12.1 Å². The molecule has 0 saturated heterocycles. The molecule has 0 aliphatic rings. The van der Waals surface area contributed by atoms with E-state index in [-0.39, 0.29) is 23.7 Å². The van der Waals surface area contributed by atoms with E-state index in [4.69, 9.17) is 14.2 Å². The van der Waals surface area contributed by atoms with Gasteiger partial charge in [0, 0.05) is 6.42 Å². The quantitative estimate of drug-likeness (QED) is 0.724. The van der Waals surface area contributed by atoms with Crippen LogP contribution in [0.3, 0.4) is 0 Å². The van der Waals surface area contributed by atoms with Gasteiger partial charge in [-0.15, -0.1) is 0 Å². The number of carboxylic acids is 1. The first-order valence-corrected chi connectivity index (χ1v) is 7.23. The van der Waals surface area contributed by atoms with Crippen molar-refractivity contribution in [1.29, 1.82) is 0 Å². The maximum atomic E-state index is 11.8. The van der Waals surface area contributed by atoms with Crippen molar-refractivity contribution in [2.45, 2.75) is 38.8 Å². The van der Waals surface area contributed by atoms with Crippen molar-refractivity contribution in [2.75, 3.05) is 14.2 Å². The SMILES string of the molecule is COc1cc(CC(NC(=O)OC(C)(C)C)C(=O)O)cc(O)c1OC. The lowest BCUT2D eigenvalue weighted by Gasteiger charge is -2.22. The fraction of sp³-hybridized carbons (Fsp3) is 0.500. The first-order chi connectivity index (χ1) is 11.1. The van der Waals surface area contributed by atoms with Gasteiger partial charge in [-0.25, -0.2) is 9.59 Å². The van der Waals surface area contributed by atoms with Crippen molar-refractivity contribution in [1.82, 2.24) is 5.32 Å². The fourth-order valence-corrected chi connectivity index (χ4v) is 2.00. The van der Waals surface area contributed by atoms with E-state index in [1.54, 1.807) is 20.8 Å². The molecule has 1 atom stereocenters. The summed E-state index contributed by atoms with van der Waals surface area (Å²) >= 11 is 0. The Hall–Kier alpha value is -2.64. The third-order valence-electron chi connectivity index (χ3n) is 2.95. The Bertz CT molecular complexity index is 607. The number of nitrogens with one attached hydrogen (secondary N) is 1. The van der Waals surface area contributed by atoms with Crippen LogP contribution in [0.25, 0.3) is 0 Å². The Morgan fingerprint density at radius 2 is 1.83 bits per heavy atom. The highest BCUT2D eigenvalue weighted by atomic mass is 16.6. The summed E-state index contributed by atoms with van der Waals surface area (Å²) in [5, 5.41) is 21.5. The van der Waals surface area contributed by atoms with Crippen LogP contribution in [0, 0.1) is 0 Å². The van der Waals surface area contributed by atoms with Gasteiger partial charge in [-0.2, -0.15) is 0 Å². The highest BCUT2D eigenvalue weighted by Gasteiger charge is 2.25. The van der Waals surface area contributed by atoms with Crippen molar-refractivity contribution < 1.29 is 34.0 Å². The summed E-state index contributed by atoms with van der Waals surface area (Å²) in [4.78, 5) is 23.1. The Labute approximate surface area is 140 Å². The van der Waals surface area contributed by atoms with E-state index >= 15 is 0 Å². The molecule has 0 aliphatic carbocycles. The minimum absolute atomic E-state index is 0.0670. The smallest absolute Gasteiger partial charge is 0.408 e. The molecule has 134 valence electrons. The molecule has 0 aliphatic heterocycles. The predicted molar refractivity (Wildman–Crippen MR) is 85.7 cm³/mol.